The molecule has 5 nitrogen and oxygen atoms in total. The van der Waals surface area contributed by atoms with Crippen molar-refractivity contribution in [3.63, 3.8) is 0 Å². The van der Waals surface area contributed by atoms with Gasteiger partial charge < -0.3 is 20.3 Å². The second kappa shape index (κ2) is 7.15. The van der Waals surface area contributed by atoms with Crippen LogP contribution in [0.4, 0.5) is 4.79 Å². The minimum absolute atomic E-state index is 0.131. The van der Waals surface area contributed by atoms with Gasteiger partial charge in [0.05, 0.1) is 0 Å². The molecule has 0 fully saturated rings. The molecule has 1 atom stereocenters. The quantitative estimate of drug-likeness (QED) is 0.325. The molecule has 12 heavy (non-hydrogen) atoms. The van der Waals surface area contributed by atoms with Gasteiger partial charge in [-0.05, 0) is 3.93 Å². The third kappa shape index (κ3) is 7.59. The van der Waals surface area contributed by atoms with Gasteiger partial charge in [0, 0.05) is 22.6 Å². The average Bonchev–Trinajstić information content (AvgIpc) is 1.97. The standard InChI is InChI=1S/C6H8INO4/c7-2-1-3-11-4-5(9)12-6(8)10/h5,9H,3-4H2,(H2,8,10). The van der Waals surface area contributed by atoms with Crippen LogP contribution in [0.2, 0.25) is 0 Å². The summed E-state index contributed by atoms with van der Waals surface area (Å²) in [5.41, 5.74) is 4.62. The fraction of sp³-hybridized carbons (Fsp3) is 0.500. The molecule has 1 amide bonds. The molecule has 0 bridgehead atoms. The van der Waals surface area contributed by atoms with Crippen LogP contribution in [-0.4, -0.2) is 30.7 Å². The zero-order valence-electron chi connectivity index (χ0n) is 6.12. The van der Waals surface area contributed by atoms with E-state index in [4.69, 9.17) is 9.84 Å². The van der Waals surface area contributed by atoms with Gasteiger partial charge in [0.15, 0.2) is 0 Å². The molecule has 0 aliphatic carbocycles. The lowest BCUT2D eigenvalue weighted by atomic mass is 10.6. The Labute approximate surface area is 83.3 Å². The van der Waals surface area contributed by atoms with Crippen LogP contribution in [0.15, 0.2) is 0 Å². The zero-order valence-corrected chi connectivity index (χ0v) is 8.28. The van der Waals surface area contributed by atoms with Gasteiger partial charge in [-0.25, -0.2) is 4.79 Å². The van der Waals surface area contributed by atoms with Gasteiger partial charge in [0.1, 0.15) is 13.2 Å². The molecule has 0 heterocycles. The molecule has 0 radical (unpaired) electrons. The first kappa shape index (κ1) is 11.5. The van der Waals surface area contributed by atoms with E-state index in [1.807, 2.05) is 22.6 Å². The number of amides is 1. The predicted octanol–water partition coefficient (Wildman–Crippen LogP) is -0.187. The first-order valence-corrected chi connectivity index (χ1v) is 4.05. The summed E-state index contributed by atoms with van der Waals surface area (Å²) in [5, 5.41) is 8.82. The highest BCUT2D eigenvalue weighted by molar-refractivity contribution is 14.1. The maximum absolute atomic E-state index is 10.1. The minimum Gasteiger partial charge on any atom is -0.417 e. The second-order valence-corrected chi connectivity index (χ2v) is 2.22. The van der Waals surface area contributed by atoms with Crippen molar-refractivity contribution >= 4 is 28.7 Å². The highest BCUT2D eigenvalue weighted by Gasteiger charge is 2.06. The number of carbonyl (C=O) groups is 1. The molecule has 0 aromatic heterocycles. The van der Waals surface area contributed by atoms with Crippen LogP contribution in [0.1, 0.15) is 0 Å². The van der Waals surface area contributed by atoms with Crippen LogP contribution >= 0.6 is 22.6 Å². The number of hydrogen-bond donors (Lipinski definition) is 2. The molecule has 0 aromatic rings. The monoisotopic (exact) mass is 285 g/mol. The Morgan fingerprint density at radius 3 is 2.92 bits per heavy atom. The molecule has 0 saturated carbocycles. The van der Waals surface area contributed by atoms with E-state index in [0.717, 1.165) is 0 Å². The van der Waals surface area contributed by atoms with Crippen LogP contribution in [0.3, 0.4) is 0 Å². The highest BCUT2D eigenvalue weighted by Crippen LogP contribution is 1.87. The highest BCUT2D eigenvalue weighted by atomic mass is 127. The maximum Gasteiger partial charge on any atom is 0.406 e. The van der Waals surface area contributed by atoms with Crippen LogP contribution in [0, 0.1) is 9.85 Å². The van der Waals surface area contributed by atoms with Gasteiger partial charge in [-0.1, -0.05) is 5.92 Å². The fourth-order valence-electron chi connectivity index (χ4n) is 0.406. The van der Waals surface area contributed by atoms with Crippen molar-refractivity contribution in [3.05, 3.63) is 0 Å². The van der Waals surface area contributed by atoms with Crippen molar-refractivity contribution in [2.75, 3.05) is 13.2 Å². The second-order valence-electron chi connectivity index (χ2n) is 1.68. The SMILES string of the molecule is NC(=O)OC(O)COCC#CI. The van der Waals surface area contributed by atoms with Gasteiger partial charge in [-0.15, -0.1) is 0 Å². The summed E-state index contributed by atoms with van der Waals surface area (Å²) in [5.74, 6) is 2.59. The molecule has 0 aromatic carbocycles. The first-order valence-electron chi connectivity index (χ1n) is 2.97. The third-order valence-corrected chi connectivity index (χ3v) is 1.14. The van der Waals surface area contributed by atoms with E-state index in [1.165, 1.54) is 0 Å². The Balaban J connectivity index is 3.35. The number of carbonyl (C=O) groups excluding carboxylic acids is 1. The van der Waals surface area contributed by atoms with E-state index < -0.39 is 12.4 Å². The number of hydrogen-bond acceptors (Lipinski definition) is 4. The van der Waals surface area contributed by atoms with E-state index >= 15 is 0 Å². The van der Waals surface area contributed by atoms with Crippen LogP contribution in [0.25, 0.3) is 0 Å². The molecule has 0 saturated heterocycles. The molecular weight excluding hydrogens is 277 g/mol. The normalized spacial score (nSPS) is 11.2. The number of aliphatic hydroxyl groups excluding tert-OH is 1. The van der Waals surface area contributed by atoms with Crippen LogP contribution in [0.5, 0.6) is 0 Å². The Hall–Kier alpha value is -0.520. The van der Waals surface area contributed by atoms with Crippen molar-refractivity contribution in [2.45, 2.75) is 6.29 Å². The summed E-state index contributed by atoms with van der Waals surface area (Å²) in [4.78, 5) is 10.1. The Kier molecular flexibility index (Phi) is 6.84. The zero-order chi connectivity index (χ0) is 9.40. The van der Waals surface area contributed by atoms with Crippen molar-refractivity contribution < 1.29 is 19.4 Å². The molecule has 68 valence electrons. The number of aliphatic hydroxyl groups is 1. The number of nitrogens with two attached hydrogens (primary N) is 1. The van der Waals surface area contributed by atoms with Crippen molar-refractivity contribution in [3.8, 4) is 9.85 Å². The Bertz CT molecular complexity index is 197. The van der Waals surface area contributed by atoms with Crippen molar-refractivity contribution in [1.82, 2.24) is 0 Å². The van der Waals surface area contributed by atoms with E-state index in [9.17, 15) is 4.79 Å². The molecule has 0 aliphatic rings. The van der Waals surface area contributed by atoms with Gasteiger partial charge in [0.25, 0.3) is 0 Å². The van der Waals surface area contributed by atoms with Crippen molar-refractivity contribution in [1.29, 1.82) is 0 Å². The van der Waals surface area contributed by atoms with Crippen molar-refractivity contribution in [2.24, 2.45) is 5.73 Å². The summed E-state index contributed by atoms with van der Waals surface area (Å²) in [6.45, 7) is 0.0520. The Morgan fingerprint density at radius 2 is 2.42 bits per heavy atom. The summed E-state index contributed by atoms with van der Waals surface area (Å²) in [6.07, 6.45) is -2.36. The molecule has 0 rings (SSSR count). The molecule has 6 heteroatoms. The lowest BCUT2D eigenvalue weighted by Gasteiger charge is -2.08. The van der Waals surface area contributed by atoms with Gasteiger partial charge in [-0.3, -0.25) is 0 Å². The Morgan fingerprint density at radius 1 is 1.75 bits per heavy atom. The fourth-order valence-corrected chi connectivity index (χ4v) is 0.562. The predicted molar refractivity (Wildman–Crippen MR) is 49.3 cm³/mol. The van der Waals surface area contributed by atoms with E-state index in [1.54, 1.807) is 0 Å². The minimum atomic E-state index is -1.32. The summed E-state index contributed by atoms with van der Waals surface area (Å²) < 4.78 is 11.5. The lowest BCUT2D eigenvalue weighted by molar-refractivity contribution is -0.0930. The van der Waals surface area contributed by atoms with Gasteiger partial charge in [-0.2, -0.15) is 0 Å². The summed E-state index contributed by atoms with van der Waals surface area (Å²) in [6, 6.07) is 0. The van der Waals surface area contributed by atoms with Gasteiger partial charge in [0.2, 0.25) is 6.29 Å². The first-order chi connectivity index (χ1) is 5.66. The third-order valence-electron chi connectivity index (χ3n) is 0.754. The van der Waals surface area contributed by atoms with Crippen LogP contribution < -0.4 is 5.73 Å². The number of halogens is 1. The summed E-state index contributed by atoms with van der Waals surface area (Å²) in [7, 11) is 0. The topological polar surface area (TPSA) is 81.8 Å². The number of ether oxygens (including phenoxy) is 2. The molecular formula is C6H8INO4. The van der Waals surface area contributed by atoms with Crippen LogP contribution in [-0.2, 0) is 9.47 Å². The average molecular weight is 285 g/mol. The lowest BCUT2D eigenvalue weighted by Crippen LogP contribution is -2.26. The van der Waals surface area contributed by atoms with E-state index in [0.29, 0.717) is 0 Å². The van der Waals surface area contributed by atoms with E-state index in [-0.39, 0.29) is 13.2 Å². The molecule has 1 unspecified atom stereocenters. The maximum atomic E-state index is 10.1. The summed E-state index contributed by atoms with van der Waals surface area (Å²) >= 11 is 1.86. The molecule has 3 N–H and O–H groups in total. The smallest absolute Gasteiger partial charge is 0.406 e. The van der Waals surface area contributed by atoms with Gasteiger partial charge >= 0.3 is 6.09 Å². The molecule has 0 spiro atoms. The largest absolute Gasteiger partial charge is 0.417 e. The number of primary amides is 1. The molecule has 0 aliphatic heterocycles. The number of rotatable bonds is 4. The van der Waals surface area contributed by atoms with E-state index in [2.05, 4.69) is 20.3 Å².